The normalized spacial score (nSPS) is 14.9. The zero-order valence-corrected chi connectivity index (χ0v) is 12.0. The molecule has 0 aliphatic carbocycles. The summed E-state index contributed by atoms with van der Waals surface area (Å²) in [5, 5.41) is 2.23. The number of hydrazine groups is 1. The number of imide groups is 1. The van der Waals surface area contributed by atoms with E-state index in [-0.39, 0.29) is 25.0 Å². The lowest BCUT2D eigenvalue weighted by atomic mass is 10.3. The molecule has 1 fully saturated rings. The van der Waals surface area contributed by atoms with E-state index < -0.39 is 11.8 Å². The van der Waals surface area contributed by atoms with Gasteiger partial charge in [0.05, 0.1) is 0 Å². The highest BCUT2D eigenvalue weighted by molar-refractivity contribution is 6.02. The lowest BCUT2D eigenvalue weighted by Gasteiger charge is -2.27. The molecule has 4 N–H and O–H groups in total. The molecule has 0 aromatic carbocycles. The van der Waals surface area contributed by atoms with Gasteiger partial charge in [0.25, 0.3) is 0 Å². The molecule has 2 amide bonds. The number of hydrogen-bond acceptors (Lipinski definition) is 9. The molecule has 10 nitrogen and oxygen atoms in total. The van der Waals surface area contributed by atoms with Crippen molar-refractivity contribution in [2.75, 3.05) is 41.4 Å². The Labute approximate surface area is 121 Å². The van der Waals surface area contributed by atoms with Crippen LogP contribution in [0.25, 0.3) is 0 Å². The molecule has 1 aliphatic heterocycles. The Hall–Kier alpha value is -2.49. The molecular formula is C11H18N8O2. The summed E-state index contributed by atoms with van der Waals surface area (Å²) < 4.78 is 0. The number of nitrogens with one attached hydrogen (secondary N) is 2. The van der Waals surface area contributed by atoms with E-state index in [9.17, 15) is 9.59 Å². The molecule has 0 saturated carbocycles. The van der Waals surface area contributed by atoms with Crippen molar-refractivity contribution in [3.63, 3.8) is 0 Å². The zero-order chi connectivity index (χ0) is 15.4. The SMILES string of the molecule is CCN(CC)c1nc(NN)nc(N2CC(=O)NC(=O)C2)n1. The number of anilines is 3. The molecule has 114 valence electrons. The molecule has 1 aromatic rings. The van der Waals surface area contributed by atoms with Crippen molar-refractivity contribution in [2.24, 2.45) is 5.84 Å². The molecule has 1 saturated heterocycles. The van der Waals surface area contributed by atoms with Crippen LogP contribution in [-0.4, -0.2) is 52.9 Å². The molecule has 0 radical (unpaired) electrons. The van der Waals surface area contributed by atoms with E-state index in [0.717, 1.165) is 0 Å². The number of hydrogen-bond donors (Lipinski definition) is 3. The van der Waals surface area contributed by atoms with Crippen LogP contribution in [0.1, 0.15) is 13.8 Å². The number of carbonyl (C=O) groups excluding carboxylic acids is 2. The van der Waals surface area contributed by atoms with Gasteiger partial charge in [0.15, 0.2) is 0 Å². The first kappa shape index (κ1) is 14.9. The first-order valence-corrected chi connectivity index (χ1v) is 6.62. The number of nitrogens with zero attached hydrogens (tertiary/aromatic N) is 5. The number of nitrogens with two attached hydrogens (primary N) is 1. The third-order valence-corrected chi connectivity index (χ3v) is 3.02. The summed E-state index contributed by atoms with van der Waals surface area (Å²) in [6.45, 7) is 5.39. The summed E-state index contributed by atoms with van der Waals surface area (Å²) in [5.41, 5.74) is 2.37. The predicted octanol–water partition coefficient (Wildman–Crippen LogP) is -1.53. The van der Waals surface area contributed by atoms with Gasteiger partial charge >= 0.3 is 0 Å². The van der Waals surface area contributed by atoms with E-state index in [1.54, 1.807) is 0 Å². The Morgan fingerprint density at radius 3 is 2.33 bits per heavy atom. The van der Waals surface area contributed by atoms with E-state index in [0.29, 0.717) is 19.0 Å². The van der Waals surface area contributed by atoms with Gasteiger partial charge in [-0.3, -0.25) is 20.3 Å². The summed E-state index contributed by atoms with van der Waals surface area (Å²) in [5.74, 6) is 5.45. The van der Waals surface area contributed by atoms with Crippen molar-refractivity contribution in [1.29, 1.82) is 0 Å². The predicted molar refractivity (Wildman–Crippen MR) is 76.6 cm³/mol. The van der Waals surface area contributed by atoms with Gasteiger partial charge in [-0.05, 0) is 13.8 Å². The van der Waals surface area contributed by atoms with Gasteiger partial charge in [-0.2, -0.15) is 15.0 Å². The van der Waals surface area contributed by atoms with Crippen LogP contribution in [0.2, 0.25) is 0 Å². The fourth-order valence-corrected chi connectivity index (χ4v) is 1.99. The largest absolute Gasteiger partial charge is 0.341 e. The average Bonchev–Trinajstić information content (AvgIpc) is 2.47. The van der Waals surface area contributed by atoms with Crippen molar-refractivity contribution in [3.8, 4) is 0 Å². The highest BCUT2D eigenvalue weighted by atomic mass is 16.2. The lowest BCUT2D eigenvalue weighted by molar-refractivity contribution is -0.130. The Morgan fingerprint density at radius 1 is 1.19 bits per heavy atom. The van der Waals surface area contributed by atoms with Crippen LogP contribution in [0, 0.1) is 0 Å². The minimum Gasteiger partial charge on any atom is -0.341 e. The van der Waals surface area contributed by atoms with Gasteiger partial charge in [0.1, 0.15) is 13.1 Å². The van der Waals surface area contributed by atoms with Crippen LogP contribution in [0.4, 0.5) is 17.8 Å². The summed E-state index contributed by atoms with van der Waals surface area (Å²) in [4.78, 5) is 38.9. The van der Waals surface area contributed by atoms with E-state index in [1.165, 1.54) is 4.90 Å². The smallest absolute Gasteiger partial charge is 0.246 e. The first-order valence-electron chi connectivity index (χ1n) is 6.62. The van der Waals surface area contributed by atoms with Gasteiger partial charge < -0.3 is 9.80 Å². The highest BCUT2D eigenvalue weighted by Crippen LogP contribution is 2.16. The molecule has 1 aromatic heterocycles. The fraction of sp³-hybridized carbons (Fsp3) is 0.545. The number of aromatic nitrogens is 3. The van der Waals surface area contributed by atoms with E-state index >= 15 is 0 Å². The Morgan fingerprint density at radius 2 is 1.81 bits per heavy atom. The van der Waals surface area contributed by atoms with Crippen molar-refractivity contribution in [1.82, 2.24) is 20.3 Å². The fourth-order valence-electron chi connectivity index (χ4n) is 1.99. The van der Waals surface area contributed by atoms with E-state index in [4.69, 9.17) is 5.84 Å². The second-order valence-electron chi connectivity index (χ2n) is 4.40. The number of nitrogen functional groups attached to an aromatic ring is 1. The van der Waals surface area contributed by atoms with Crippen molar-refractivity contribution in [3.05, 3.63) is 0 Å². The van der Waals surface area contributed by atoms with Gasteiger partial charge in [-0.1, -0.05) is 0 Å². The second kappa shape index (κ2) is 6.31. The lowest BCUT2D eigenvalue weighted by Crippen LogP contribution is -2.52. The maximum absolute atomic E-state index is 11.4. The first-order chi connectivity index (χ1) is 10.1. The van der Waals surface area contributed by atoms with Gasteiger partial charge in [-0.15, -0.1) is 0 Å². The minimum absolute atomic E-state index is 0.0114. The standard InChI is InChI=1S/C11H18N8O2/c1-3-18(4-2)10-14-9(17-12)15-11(16-10)19-5-7(20)13-8(21)6-19/h3-6,12H2,1-2H3,(H,13,20,21)(H,14,15,16,17). The monoisotopic (exact) mass is 294 g/mol. The summed E-state index contributed by atoms with van der Waals surface area (Å²) in [6.07, 6.45) is 0. The second-order valence-corrected chi connectivity index (χ2v) is 4.40. The van der Waals surface area contributed by atoms with Gasteiger partial charge in [0.2, 0.25) is 29.7 Å². The van der Waals surface area contributed by atoms with Gasteiger partial charge in [0, 0.05) is 13.1 Å². The van der Waals surface area contributed by atoms with Crippen LogP contribution in [-0.2, 0) is 9.59 Å². The molecule has 1 aliphatic rings. The Kier molecular flexibility index (Phi) is 4.48. The quantitative estimate of drug-likeness (QED) is 0.336. The van der Waals surface area contributed by atoms with Crippen LogP contribution < -0.4 is 26.4 Å². The number of carbonyl (C=O) groups is 2. The zero-order valence-electron chi connectivity index (χ0n) is 12.0. The number of amides is 2. The van der Waals surface area contributed by atoms with E-state index in [2.05, 4.69) is 25.7 Å². The molecule has 21 heavy (non-hydrogen) atoms. The van der Waals surface area contributed by atoms with Crippen molar-refractivity contribution >= 4 is 29.7 Å². The molecular weight excluding hydrogens is 276 g/mol. The third-order valence-electron chi connectivity index (χ3n) is 3.02. The maximum atomic E-state index is 11.4. The Balaban J connectivity index is 2.36. The van der Waals surface area contributed by atoms with Crippen LogP contribution in [0.15, 0.2) is 0 Å². The highest BCUT2D eigenvalue weighted by Gasteiger charge is 2.25. The molecule has 2 heterocycles. The van der Waals surface area contributed by atoms with Crippen LogP contribution in [0.5, 0.6) is 0 Å². The van der Waals surface area contributed by atoms with Crippen LogP contribution in [0.3, 0.4) is 0 Å². The minimum atomic E-state index is -0.390. The summed E-state index contributed by atoms with van der Waals surface area (Å²) in [6, 6.07) is 0. The summed E-state index contributed by atoms with van der Waals surface area (Å²) in [7, 11) is 0. The van der Waals surface area contributed by atoms with Crippen molar-refractivity contribution < 1.29 is 9.59 Å². The third kappa shape index (κ3) is 3.34. The Bertz CT molecular complexity index is 529. The molecule has 2 rings (SSSR count). The number of piperazine rings is 1. The van der Waals surface area contributed by atoms with Gasteiger partial charge in [-0.25, -0.2) is 5.84 Å². The van der Waals surface area contributed by atoms with Crippen LogP contribution >= 0.6 is 0 Å². The molecule has 0 unspecified atom stereocenters. The molecule has 0 spiro atoms. The number of rotatable bonds is 5. The molecule has 0 atom stereocenters. The van der Waals surface area contributed by atoms with Crippen molar-refractivity contribution in [2.45, 2.75) is 13.8 Å². The average molecular weight is 294 g/mol. The van der Waals surface area contributed by atoms with E-state index in [1.807, 2.05) is 18.7 Å². The molecule has 0 bridgehead atoms. The topological polar surface area (TPSA) is 129 Å². The maximum Gasteiger partial charge on any atom is 0.246 e. The summed E-state index contributed by atoms with van der Waals surface area (Å²) >= 11 is 0. The molecule has 10 heteroatoms.